The molecule has 1 saturated carbocycles. The number of hydrogen-bond donors (Lipinski definition) is 0. The fourth-order valence-corrected chi connectivity index (χ4v) is 3.09. The van der Waals surface area contributed by atoms with E-state index in [1.54, 1.807) is 21.6 Å². The highest BCUT2D eigenvalue weighted by molar-refractivity contribution is 5.92. The Bertz CT molecular complexity index is 474. The number of unbranched alkanes of at least 4 members (excludes halogenated alkanes) is 1. The van der Waals surface area contributed by atoms with Gasteiger partial charge in [0.15, 0.2) is 0 Å². The lowest BCUT2D eigenvalue weighted by Gasteiger charge is -2.34. The molecule has 136 valence electrons. The van der Waals surface area contributed by atoms with Crippen molar-refractivity contribution < 1.29 is 19.1 Å². The van der Waals surface area contributed by atoms with Crippen molar-refractivity contribution in [2.75, 3.05) is 46.4 Å². The zero-order chi connectivity index (χ0) is 17.7. The van der Waals surface area contributed by atoms with Crippen molar-refractivity contribution in [1.82, 2.24) is 14.7 Å². The van der Waals surface area contributed by atoms with E-state index in [4.69, 9.17) is 4.74 Å². The van der Waals surface area contributed by atoms with Crippen LogP contribution in [0.5, 0.6) is 0 Å². The van der Waals surface area contributed by atoms with Crippen molar-refractivity contribution >= 4 is 17.9 Å². The number of ether oxygens (including phenoxy) is 1. The van der Waals surface area contributed by atoms with Crippen molar-refractivity contribution in [1.29, 1.82) is 0 Å². The summed E-state index contributed by atoms with van der Waals surface area (Å²) in [4.78, 5) is 41.7. The van der Waals surface area contributed by atoms with Gasteiger partial charge in [-0.1, -0.05) is 13.3 Å². The van der Waals surface area contributed by atoms with Crippen LogP contribution in [0.15, 0.2) is 0 Å². The summed E-state index contributed by atoms with van der Waals surface area (Å²) < 4.78 is 4.98. The van der Waals surface area contributed by atoms with Crippen molar-refractivity contribution in [2.24, 2.45) is 11.8 Å². The fraction of sp³-hybridized carbons (Fsp3) is 0.824. The topological polar surface area (TPSA) is 70.2 Å². The monoisotopic (exact) mass is 339 g/mol. The second kappa shape index (κ2) is 8.35. The maximum absolute atomic E-state index is 12.5. The Hall–Kier alpha value is -1.79. The second-order valence-corrected chi connectivity index (χ2v) is 6.57. The maximum Gasteiger partial charge on any atom is 0.409 e. The first-order chi connectivity index (χ1) is 11.5. The van der Waals surface area contributed by atoms with Crippen LogP contribution in [0.3, 0.4) is 0 Å². The van der Waals surface area contributed by atoms with Gasteiger partial charge in [-0.05, 0) is 19.8 Å². The third kappa shape index (κ3) is 4.39. The van der Waals surface area contributed by atoms with E-state index in [1.807, 2.05) is 7.05 Å². The van der Waals surface area contributed by atoms with Gasteiger partial charge >= 0.3 is 6.09 Å². The Labute approximate surface area is 143 Å². The zero-order valence-corrected chi connectivity index (χ0v) is 15.0. The molecule has 0 N–H and O–H groups in total. The van der Waals surface area contributed by atoms with E-state index >= 15 is 0 Å². The van der Waals surface area contributed by atoms with Crippen LogP contribution in [0.2, 0.25) is 0 Å². The molecule has 2 atom stereocenters. The van der Waals surface area contributed by atoms with Crippen LogP contribution in [0.25, 0.3) is 0 Å². The Kier molecular flexibility index (Phi) is 6.45. The predicted molar refractivity (Wildman–Crippen MR) is 89.3 cm³/mol. The molecule has 0 aromatic heterocycles. The van der Waals surface area contributed by atoms with Crippen LogP contribution >= 0.6 is 0 Å². The minimum absolute atomic E-state index is 0.0563. The molecular formula is C17H29N3O4. The third-order valence-electron chi connectivity index (χ3n) is 4.77. The van der Waals surface area contributed by atoms with Gasteiger partial charge in [-0.15, -0.1) is 0 Å². The first-order valence-electron chi connectivity index (χ1n) is 8.95. The fourth-order valence-electron chi connectivity index (χ4n) is 3.09. The Morgan fingerprint density at radius 3 is 2.25 bits per heavy atom. The van der Waals surface area contributed by atoms with E-state index in [0.717, 1.165) is 19.4 Å². The van der Waals surface area contributed by atoms with Gasteiger partial charge in [0.25, 0.3) is 0 Å². The van der Waals surface area contributed by atoms with Crippen LogP contribution < -0.4 is 0 Å². The lowest BCUT2D eigenvalue weighted by Crippen LogP contribution is -2.51. The summed E-state index contributed by atoms with van der Waals surface area (Å²) >= 11 is 0. The lowest BCUT2D eigenvalue weighted by molar-refractivity contribution is -0.138. The lowest BCUT2D eigenvalue weighted by atomic mass is 10.2. The van der Waals surface area contributed by atoms with E-state index in [1.165, 1.54) is 0 Å². The third-order valence-corrected chi connectivity index (χ3v) is 4.77. The molecule has 1 heterocycles. The van der Waals surface area contributed by atoms with Crippen LogP contribution in [0, 0.1) is 11.8 Å². The molecule has 1 aliphatic heterocycles. The van der Waals surface area contributed by atoms with Gasteiger partial charge in [-0.3, -0.25) is 9.59 Å². The van der Waals surface area contributed by atoms with Crippen molar-refractivity contribution in [3.8, 4) is 0 Å². The van der Waals surface area contributed by atoms with Crippen molar-refractivity contribution in [3.05, 3.63) is 0 Å². The van der Waals surface area contributed by atoms with Gasteiger partial charge in [0.2, 0.25) is 11.8 Å². The molecule has 2 fully saturated rings. The number of nitrogens with zero attached hydrogens (tertiary/aromatic N) is 3. The summed E-state index contributed by atoms with van der Waals surface area (Å²) in [6.07, 6.45) is 2.38. The van der Waals surface area contributed by atoms with E-state index < -0.39 is 0 Å². The van der Waals surface area contributed by atoms with Crippen molar-refractivity contribution in [2.45, 2.75) is 33.1 Å². The molecule has 0 radical (unpaired) electrons. The normalized spacial score (nSPS) is 23.0. The molecule has 2 rings (SSSR count). The summed E-state index contributed by atoms with van der Waals surface area (Å²) in [6.45, 7) is 7.00. The summed E-state index contributed by atoms with van der Waals surface area (Å²) in [5.74, 6) is -0.175. The SMILES string of the molecule is CCCCN(C)C(=O)C1CC1C(=O)N1CCN(C(=O)OCC)CC1. The number of amides is 3. The van der Waals surface area contributed by atoms with Gasteiger partial charge in [-0.2, -0.15) is 0 Å². The maximum atomic E-state index is 12.5. The quantitative estimate of drug-likeness (QED) is 0.729. The van der Waals surface area contributed by atoms with Crippen LogP contribution in [0.4, 0.5) is 4.79 Å². The van der Waals surface area contributed by atoms with Gasteiger partial charge in [0.05, 0.1) is 18.4 Å². The van der Waals surface area contributed by atoms with Gasteiger partial charge < -0.3 is 19.4 Å². The number of hydrogen-bond acceptors (Lipinski definition) is 4. The standard InChI is InChI=1S/C17H29N3O4/c1-4-6-7-18(3)15(21)13-12-14(13)16(22)19-8-10-20(11-9-19)17(23)24-5-2/h13-14H,4-12H2,1-3H3. The number of piperazine rings is 1. The molecular weight excluding hydrogens is 310 g/mol. The number of rotatable bonds is 6. The molecule has 24 heavy (non-hydrogen) atoms. The van der Waals surface area contributed by atoms with Crippen LogP contribution in [-0.2, 0) is 14.3 Å². The van der Waals surface area contributed by atoms with Crippen LogP contribution in [0.1, 0.15) is 33.1 Å². The summed E-state index contributed by atoms with van der Waals surface area (Å²) in [7, 11) is 1.82. The average molecular weight is 339 g/mol. The molecule has 2 unspecified atom stereocenters. The summed E-state index contributed by atoms with van der Waals surface area (Å²) in [6, 6.07) is 0. The van der Waals surface area contributed by atoms with Gasteiger partial charge in [-0.25, -0.2) is 4.79 Å². The Morgan fingerprint density at radius 2 is 1.67 bits per heavy atom. The van der Waals surface area contributed by atoms with E-state index in [-0.39, 0.29) is 29.7 Å². The zero-order valence-electron chi connectivity index (χ0n) is 15.0. The van der Waals surface area contributed by atoms with Crippen molar-refractivity contribution in [3.63, 3.8) is 0 Å². The molecule has 7 heteroatoms. The molecule has 0 aromatic carbocycles. The van der Waals surface area contributed by atoms with E-state index in [2.05, 4.69) is 6.92 Å². The molecule has 1 aliphatic carbocycles. The van der Waals surface area contributed by atoms with Gasteiger partial charge in [0, 0.05) is 39.8 Å². The summed E-state index contributed by atoms with van der Waals surface area (Å²) in [5.41, 5.74) is 0. The first kappa shape index (κ1) is 18.5. The van der Waals surface area contributed by atoms with E-state index in [9.17, 15) is 14.4 Å². The highest BCUT2D eigenvalue weighted by Crippen LogP contribution is 2.41. The first-order valence-corrected chi connectivity index (χ1v) is 8.95. The van der Waals surface area contributed by atoms with Gasteiger partial charge in [0.1, 0.15) is 0 Å². The minimum atomic E-state index is -0.318. The molecule has 0 bridgehead atoms. The number of carbonyl (C=O) groups is 3. The Balaban J connectivity index is 1.76. The highest BCUT2D eigenvalue weighted by atomic mass is 16.6. The smallest absolute Gasteiger partial charge is 0.409 e. The molecule has 3 amide bonds. The molecule has 7 nitrogen and oxygen atoms in total. The summed E-state index contributed by atoms with van der Waals surface area (Å²) in [5, 5.41) is 0. The predicted octanol–water partition coefficient (Wildman–Crippen LogP) is 1.18. The van der Waals surface area contributed by atoms with Crippen LogP contribution in [-0.4, -0.2) is 79.0 Å². The van der Waals surface area contributed by atoms with E-state index in [0.29, 0.717) is 39.2 Å². The molecule has 0 aromatic rings. The molecule has 2 aliphatic rings. The highest BCUT2D eigenvalue weighted by Gasteiger charge is 2.50. The minimum Gasteiger partial charge on any atom is -0.450 e. The molecule has 0 spiro atoms. The Morgan fingerprint density at radius 1 is 1.04 bits per heavy atom. The second-order valence-electron chi connectivity index (χ2n) is 6.57. The molecule has 1 saturated heterocycles. The number of carbonyl (C=O) groups excluding carboxylic acids is 3. The largest absolute Gasteiger partial charge is 0.450 e. The average Bonchev–Trinajstić information content (AvgIpc) is 3.39.